The smallest absolute Gasteiger partial charge is 0.324 e. The van der Waals surface area contributed by atoms with E-state index in [1.807, 2.05) is 24.3 Å². The lowest BCUT2D eigenvalue weighted by Crippen LogP contribution is -2.42. The van der Waals surface area contributed by atoms with E-state index in [4.69, 9.17) is 9.26 Å². The van der Waals surface area contributed by atoms with Crippen LogP contribution in [-0.2, 0) is 0 Å². The highest BCUT2D eigenvalue weighted by Gasteiger charge is 2.42. The van der Waals surface area contributed by atoms with E-state index < -0.39 is 0 Å². The molecule has 1 aromatic carbocycles. The van der Waals surface area contributed by atoms with Crippen molar-refractivity contribution in [2.45, 2.75) is 19.3 Å². The van der Waals surface area contributed by atoms with Gasteiger partial charge in [-0.1, -0.05) is 5.16 Å². The van der Waals surface area contributed by atoms with Gasteiger partial charge in [0.2, 0.25) is 5.82 Å². The summed E-state index contributed by atoms with van der Waals surface area (Å²) in [5, 5.41) is 4.16. The molecule has 1 unspecified atom stereocenters. The molecule has 2 fully saturated rings. The lowest BCUT2D eigenvalue weighted by Gasteiger charge is -2.38. The number of piperidine rings is 1. The number of methoxy groups -OCH3 is 1. The van der Waals surface area contributed by atoms with Crippen LogP contribution in [0.4, 0.5) is 6.01 Å². The van der Waals surface area contributed by atoms with Gasteiger partial charge in [-0.05, 0) is 57.1 Å². The Balaban J connectivity index is 1.49. The molecule has 1 spiro atoms. The summed E-state index contributed by atoms with van der Waals surface area (Å²) in [4.78, 5) is 9.31. The van der Waals surface area contributed by atoms with Gasteiger partial charge in [-0.15, -0.1) is 0 Å². The predicted molar refractivity (Wildman–Crippen MR) is 92.3 cm³/mol. The van der Waals surface area contributed by atoms with E-state index in [1.54, 1.807) is 7.11 Å². The average Bonchev–Trinajstić information content (AvgIpc) is 3.22. The van der Waals surface area contributed by atoms with Crippen LogP contribution in [0.25, 0.3) is 11.4 Å². The summed E-state index contributed by atoms with van der Waals surface area (Å²) >= 11 is 0. The Hall–Kier alpha value is -2.08. The molecule has 128 valence electrons. The summed E-state index contributed by atoms with van der Waals surface area (Å²) in [6.07, 6.45) is 3.79. The van der Waals surface area contributed by atoms with E-state index in [-0.39, 0.29) is 0 Å². The molecule has 2 aliphatic heterocycles. The predicted octanol–water partition coefficient (Wildman–Crippen LogP) is 2.67. The minimum Gasteiger partial charge on any atom is -0.497 e. The number of rotatable bonds is 3. The van der Waals surface area contributed by atoms with Crippen LogP contribution in [0.15, 0.2) is 28.8 Å². The fourth-order valence-corrected chi connectivity index (χ4v) is 4.09. The molecule has 4 rings (SSSR count). The second-order valence-corrected chi connectivity index (χ2v) is 7.14. The van der Waals surface area contributed by atoms with Crippen LogP contribution < -0.4 is 9.64 Å². The van der Waals surface area contributed by atoms with Crippen LogP contribution in [0.1, 0.15) is 19.3 Å². The highest BCUT2D eigenvalue weighted by molar-refractivity contribution is 5.57. The first-order chi connectivity index (χ1) is 11.7. The molecule has 0 saturated carbocycles. The summed E-state index contributed by atoms with van der Waals surface area (Å²) in [6, 6.07) is 8.37. The highest BCUT2D eigenvalue weighted by atomic mass is 16.5. The molecule has 6 nitrogen and oxygen atoms in total. The second kappa shape index (κ2) is 6.09. The van der Waals surface area contributed by atoms with Crippen molar-refractivity contribution in [2.75, 3.05) is 45.2 Å². The Morgan fingerprint density at radius 1 is 1.12 bits per heavy atom. The fraction of sp³-hybridized carbons (Fsp3) is 0.556. The Kier molecular flexibility index (Phi) is 3.92. The van der Waals surface area contributed by atoms with Gasteiger partial charge in [-0.3, -0.25) is 0 Å². The largest absolute Gasteiger partial charge is 0.497 e. The van der Waals surface area contributed by atoms with Gasteiger partial charge < -0.3 is 19.1 Å². The third-order valence-corrected chi connectivity index (χ3v) is 5.32. The Morgan fingerprint density at radius 3 is 2.71 bits per heavy atom. The highest BCUT2D eigenvalue weighted by Crippen LogP contribution is 2.40. The number of aromatic nitrogens is 2. The molecule has 6 heteroatoms. The maximum atomic E-state index is 5.54. The average molecular weight is 328 g/mol. The van der Waals surface area contributed by atoms with E-state index in [0.29, 0.717) is 17.3 Å². The number of nitrogens with zero attached hydrogens (tertiary/aromatic N) is 4. The van der Waals surface area contributed by atoms with Crippen molar-refractivity contribution < 1.29 is 9.26 Å². The molecular formula is C18H24N4O2. The molecule has 3 heterocycles. The number of anilines is 1. The standard InChI is InChI=1S/C18H24N4O2/c1-21-10-3-8-18(12-21)9-11-22(13-18)17-19-16(20-24-17)14-4-6-15(23-2)7-5-14/h4-7H,3,8-13H2,1-2H3. The number of likely N-dealkylation sites (tertiary alicyclic amines) is 1. The zero-order valence-electron chi connectivity index (χ0n) is 14.4. The zero-order chi connectivity index (χ0) is 16.6. The Morgan fingerprint density at radius 2 is 1.96 bits per heavy atom. The van der Waals surface area contributed by atoms with Crippen molar-refractivity contribution in [1.29, 1.82) is 0 Å². The maximum absolute atomic E-state index is 5.54. The quantitative estimate of drug-likeness (QED) is 0.863. The second-order valence-electron chi connectivity index (χ2n) is 7.14. The van der Waals surface area contributed by atoms with E-state index in [0.717, 1.165) is 24.4 Å². The first kappa shape index (κ1) is 15.4. The zero-order valence-corrected chi connectivity index (χ0v) is 14.4. The lowest BCUT2D eigenvalue weighted by atomic mass is 9.79. The van der Waals surface area contributed by atoms with Gasteiger partial charge in [0.1, 0.15) is 5.75 Å². The first-order valence-electron chi connectivity index (χ1n) is 8.59. The SMILES string of the molecule is COc1ccc(-c2noc(N3CCC4(CCCN(C)C4)C3)n2)cc1. The minimum absolute atomic E-state index is 0.391. The van der Waals surface area contributed by atoms with Crippen LogP contribution >= 0.6 is 0 Å². The summed E-state index contributed by atoms with van der Waals surface area (Å²) in [5.74, 6) is 1.46. The third-order valence-electron chi connectivity index (χ3n) is 5.32. The number of hydrogen-bond acceptors (Lipinski definition) is 6. The Bertz CT molecular complexity index is 699. The summed E-state index contributed by atoms with van der Waals surface area (Å²) in [6.45, 7) is 4.40. The van der Waals surface area contributed by atoms with Crippen LogP contribution in [-0.4, -0.2) is 55.4 Å². The molecular weight excluding hydrogens is 304 g/mol. The molecule has 2 aliphatic rings. The molecule has 0 N–H and O–H groups in total. The molecule has 1 aromatic heterocycles. The van der Waals surface area contributed by atoms with Crippen molar-refractivity contribution in [3.05, 3.63) is 24.3 Å². The maximum Gasteiger partial charge on any atom is 0.324 e. The summed E-state index contributed by atoms with van der Waals surface area (Å²) in [5.41, 5.74) is 1.33. The van der Waals surface area contributed by atoms with Gasteiger partial charge in [0, 0.05) is 30.6 Å². The summed E-state index contributed by atoms with van der Waals surface area (Å²) in [7, 11) is 3.88. The molecule has 2 aromatic rings. The minimum atomic E-state index is 0.391. The molecule has 2 saturated heterocycles. The number of ether oxygens (including phenoxy) is 1. The third kappa shape index (κ3) is 2.86. The Labute approximate surface area is 142 Å². The summed E-state index contributed by atoms with van der Waals surface area (Å²) < 4.78 is 10.7. The van der Waals surface area contributed by atoms with E-state index in [1.165, 1.54) is 32.4 Å². The van der Waals surface area contributed by atoms with Crippen LogP contribution in [0.3, 0.4) is 0 Å². The van der Waals surface area contributed by atoms with Crippen LogP contribution in [0.2, 0.25) is 0 Å². The topological polar surface area (TPSA) is 54.6 Å². The van der Waals surface area contributed by atoms with E-state index in [9.17, 15) is 0 Å². The van der Waals surface area contributed by atoms with Crippen molar-refractivity contribution in [2.24, 2.45) is 5.41 Å². The van der Waals surface area contributed by atoms with Gasteiger partial charge in [-0.2, -0.15) is 4.98 Å². The van der Waals surface area contributed by atoms with Crippen molar-refractivity contribution in [3.8, 4) is 17.1 Å². The molecule has 0 bridgehead atoms. The van der Waals surface area contributed by atoms with E-state index >= 15 is 0 Å². The molecule has 0 amide bonds. The van der Waals surface area contributed by atoms with Crippen molar-refractivity contribution >= 4 is 6.01 Å². The normalized spacial score (nSPS) is 24.7. The van der Waals surface area contributed by atoms with Gasteiger partial charge >= 0.3 is 6.01 Å². The fourth-order valence-electron chi connectivity index (χ4n) is 4.09. The molecule has 0 aliphatic carbocycles. The molecule has 24 heavy (non-hydrogen) atoms. The lowest BCUT2D eigenvalue weighted by molar-refractivity contribution is 0.128. The van der Waals surface area contributed by atoms with E-state index in [2.05, 4.69) is 27.0 Å². The van der Waals surface area contributed by atoms with Crippen LogP contribution in [0.5, 0.6) is 5.75 Å². The van der Waals surface area contributed by atoms with Crippen molar-refractivity contribution in [1.82, 2.24) is 15.0 Å². The molecule has 0 radical (unpaired) electrons. The van der Waals surface area contributed by atoms with Crippen LogP contribution in [0, 0.1) is 5.41 Å². The number of hydrogen-bond donors (Lipinski definition) is 0. The van der Waals surface area contributed by atoms with Gasteiger partial charge in [0.05, 0.1) is 7.11 Å². The van der Waals surface area contributed by atoms with Gasteiger partial charge in [0.15, 0.2) is 0 Å². The number of benzene rings is 1. The monoisotopic (exact) mass is 328 g/mol. The first-order valence-corrected chi connectivity index (χ1v) is 8.59. The van der Waals surface area contributed by atoms with Gasteiger partial charge in [0.25, 0.3) is 0 Å². The van der Waals surface area contributed by atoms with Gasteiger partial charge in [-0.25, -0.2) is 0 Å². The van der Waals surface area contributed by atoms with Crippen molar-refractivity contribution in [3.63, 3.8) is 0 Å². The molecule has 1 atom stereocenters.